The van der Waals surface area contributed by atoms with Crippen LogP contribution in [0.3, 0.4) is 0 Å². The molecule has 1 N–H and O–H groups in total. The average Bonchev–Trinajstić information content (AvgIpc) is 2.49. The predicted octanol–water partition coefficient (Wildman–Crippen LogP) is 4.43. The maximum absolute atomic E-state index is 10.9. The van der Waals surface area contributed by atoms with Crippen molar-refractivity contribution in [1.29, 1.82) is 0 Å². The molecule has 0 aromatic heterocycles. The van der Waals surface area contributed by atoms with Crippen LogP contribution in [-0.2, 0) is 11.2 Å². The van der Waals surface area contributed by atoms with E-state index in [2.05, 4.69) is 6.92 Å². The third kappa shape index (κ3) is 4.22. The second-order valence-electron chi connectivity index (χ2n) is 5.21. The molecule has 0 aliphatic rings. The van der Waals surface area contributed by atoms with Crippen LogP contribution in [-0.4, -0.2) is 17.7 Å². The minimum absolute atomic E-state index is 0.124. The van der Waals surface area contributed by atoms with Gasteiger partial charge in [0.1, 0.15) is 5.75 Å². The maximum Gasteiger partial charge on any atom is 0.303 e. The molecule has 112 valence electrons. The van der Waals surface area contributed by atoms with Crippen LogP contribution in [0.4, 0.5) is 0 Å². The Morgan fingerprint density at radius 1 is 1.14 bits per heavy atom. The third-order valence-electron chi connectivity index (χ3n) is 3.59. The molecule has 0 atom stereocenters. The molecule has 3 heteroatoms. The van der Waals surface area contributed by atoms with E-state index in [1.54, 1.807) is 0 Å². The summed E-state index contributed by atoms with van der Waals surface area (Å²) in [5.41, 5.74) is 1.01. The zero-order valence-corrected chi connectivity index (χ0v) is 12.5. The van der Waals surface area contributed by atoms with Gasteiger partial charge >= 0.3 is 5.97 Å². The Bertz CT molecular complexity index is 604. The summed E-state index contributed by atoms with van der Waals surface area (Å²) in [4.78, 5) is 10.9. The number of carboxylic acids is 1. The third-order valence-corrected chi connectivity index (χ3v) is 3.59. The molecule has 0 saturated carbocycles. The molecule has 2 aromatic rings. The number of hydrogen-bond donors (Lipinski definition) is 1. The summed E-state index contributed by atoms with van der Waals surface area (Å²) in [7, 11) is 0. The summed E-state index contributed by atoms with van der Waals surface area (Å²) in [6, 6.07) is 12.0. The monoisotopic (exact) mass is 286 g/mol. The largest absolute Gasteiger partial charge is 0.493 e. The highest BCUT2D eigenvalue weighted by Gasteiger charge is 2.10. The highest BCUT2D eigenvalue weighted by atomic mass is 16.5. The lowest BCUT2D eigenvalue weighted by Gasteiger charge is -2.14. The van der Waals surface area contributed by atoms with E-state index in [0.29, 0.717) is 13.0 Å². The van der Waals surface area contributed by atoms with Crippen LogP contribution in [0.1, 0.15) is 38.2 Å². The quantitative estimate of drug-likeness (QED) is 0.730. The molecular weight excluding hydrogens is 264 g/mol. The Hall–Kier alpha value is -2.03. The fraction of sp³-hybridized carbons (Fsp3) is 0.389. The zero-order valence-electron chi connectivity index (χ0n) is 12.5. The first-order valence-corrected chi connectivity index (χ1v) is 7.57. The highest BCUT2D eigenvalue weighted by Crippen LogP contribution is 2.29. The van der Waals surface area contributed by atoms with E-state index in [9.17, 15) is 4.79 Å². The summed E-state index contributed by atoms with van der Waals surface area (Å²) in [5.74, 6) is 0.0471. The van der Waals surface area contributed by atoms with Crippen LogP contribution in [0.5, 0.6) is 5.75 Å². The average molecular weight is 286 g/mol. The van der Waals surface area contributed by atoms with E-state index < -0.39 is 5.97 Å². The molecule has 0 unspecified atom stereocenters. The topological polar surface area (TPSA) is 46.5 Å². The minimum Gasteiger partial charge on any atom is -0.493 e. The van der Waals surface area contributed by atoms with Crippen LogP contribution in [0.25, 0.3) is 10.8 Å². The van der Waals surface area contributed by atoms with Gasteiger partial charge in [-0.25, -0.2) is 0 Å². The molecular formula is C18H22O3. The van der Waals surface area contributed by atoms with Crippen molar-refractivity contribution >= 4 is 16.7 Å². The van der Waals surface area contributed by atoms with Gasteiger partial charge in [-0.3, -0.25) is 4.79 Å². The van der Waals surface area contributed by atoms with Gasteiger partial charge in [-0.1, -0.05) is 50.1 Å². The number of unbranched alkanes of at least 4 members (excludes halogenated alkanes) is 2. The molecule has 0 radical (unpaired) electrons. The van der Waals surface area contributed by atoms with Gasteiger partial charge in [0, 0.05) is 12.0 Å². The number of aryl methyl sites for hydroxylation is 1. The van der Waals surface area contributed by atoms with Crippen molar-refractivity contribution in [3.05, 3.63) is 42.0 Å². The number of carboxylic acid groups (broad SMARTS) is 1. The predicted molar refractivity (Wildman–Crippen MR) is 84.9 cm³/mol. The number of ether oxygens (including phenoxy) is 1. The van der Waals surface area contributed by atoms with Gasteiger partial charge in [-0.15, -0.1) is 0 Å². The molecule has 2 rings (SSSR count). The number of hydrogen-bond acceptors (Lipinski definition) is 2. The maximum atomic E-state index is 10.9. The molecule has 3 nitrogen and oxygen atoms in total. The van der Waals surface area contributed by atoms with Crippen molar-refractivity contribution in [3.63, 3.8) is 0 Å². The van der Waals surface area contributed by atoms with Crippen LogP contribution in [0, 0.1) is 0 Å². The molecule has 0 fully saturated rings. The van der Waals surface area contributed by atoms with E-state index in [1.165, 1.54) is 0 Å². The Kier molecular flexibility index (Phi) is 5.61. The van der Waals surface area contributed by atoms with Crippen molar-refractivity contribution in [2.45, 2.75) is 39.0 Å². The summed E-state index contributed by atoms with van der Waals surface area (Å²) in [6.45, 7) is 2.85. The van der Waals surface area contributed by atoms with E-state index in [-0.39, 0.29) is 6.42 Å². The number of aliphatic carboxylic acids is 1. The lowest BCUT2D eigenvalue weighted by atomic mass is 10.00. The van der Waals surface area contributed by atoms with Crippen molar-refractivity contribution < 1.29 is 14.6 Å². The number of fused-ring (bicyclic) bond motifs is 1. The van der Waals surface area contributed by atoms with Crippen LogP contribution < -0.4 is 4.74 Å². The Labute approximate surface area is 125 Å². The van der Waals surface area contributed by atoms with E-state index in [4.69, 9.17) is 9.84 Å². The highest BCUT2D eigenvalue weighted by molar-refractivity contribution is 5.88. The second kappa shape index (κ2) is 7.67. The molecule has 2 aromatic carbocycles. The van der Waals surface area contributed by atoms with Gasteiger partial charge in [0.2, 0.25) is 0 Å². The number of carbonyl (C=O) groups is 1. The fourth-order valence-electron chi connectivity index (χ4n) is 2.48. The van der Waals surface area contributed by atoms with Crippen LogP contribution in [0.2, 0.25) is 0 Å². The minimum atomic E-state index is -0.778. The van der Waals surface area contributed by atoms with Gasteiger partial charge in [0.05, 0.1) is 6.61 Å². The standard InChI is InChI=1S/C18H22O3/c1-2-3-6-13-21-17-11-9-14-7-4-5-8-15(14)16(17)10-12-18(19)20/h4-5,7-9,11H,2-3,6,10,12-13H2,1H3,(H,19,20). The fourth-order valence-corrected chi connectivity index (χ4v) is 2.48. The Balaban J connectivity index is 2.25. The van der Waals surface area contributed by atoms with Crippen LogP contribution in [0.15, 0.2) is 36.4 Å². The number of rotatable bonds is 8. The first-order valence-electron chi connectivity index (χ1n) is 7.57. The van der Waals surface area contributed by atoms with Crippen molar-refractivity contribution in [1.82, 2.24) is 0 Å². The van der Waals surface area contributed by atoms with E-state index >= 15 is 0 Å². The molecule has 0 aliphatic heterocycles. The number of benzene rings is 2. The van der Waals surface area contributed by atoms with Crippen LogP contribution >= 0.6 is 0 Å². The molecule has 21 heavy (non-hydrogen) atoms. The Morgan fingerprint density at radius 2 is 1.95 bits per heavy atom. The molecule has 0 bridgehead atoms. The second-order valence-corrected chi connectivity index (χ2v) is 5.21. The van der Waals surface area contributed by atoms with Gasteiger partial charge < -0.3 is 9.84 Å². The molecule has 0 saturated heterocycles. The lowest BCUT2D eigenvalue weighted by molar-refractivity contribution is -0.136. The van der Waals surface area contributed by atoms with Gasteiger partial charge in [0.15, 0.2) is 0 Å². The lowest BCUT2D eigenvalue weighted by Crippen LogP contribution is -2.03. The smallest absolute Gasteiger partial charge is 0.303 e. The van der Waals surface area contributed by atoms with Gasteiger partial charge in [0.25, 0.3) is 0 Å². The summed E-state index contributed by atoms with van der Waals surface area (Å²) >= 11 is 0. The zero-order chi connectivity index (χ0) is 15.1. The first kappa shape index (κ1) is 15.4. The molecule has 0 aliphatic carbocycles. The SMILES string of the molecule is CCCCCOc1ccc2ccccc2c1CCC(=O)O. The normalized spacial score (nSPS) is 10.7. The summed E-state index contributed by atoms with van der Waals surface area (Å²) in [6.07, 6.45) is 3.96. The summed E-state index contributed by atoms with van der Waals surface area (Å²) in [5, 5.41) is 11.2. The van der Waals surface area contributed by atoms with Gasteiger partial charge in [-0.2, -0.15) is 0 Å². The van der Waals surface area contributed by atoms with Crippen molar-refractivity contribution in [2.75, 3.05) is 6.61 Å². The molecule has 0 heterocycles. The van der Waals surface area contributed by atoms with Crippen molar-refractivity contribution in [2.24, 2.45) is 0 Å². The Morgan fingerprint density at radius 3 is 2.71 bits per heavy atom. The molecule has 0 amide bonds. The summed E-state index contributed by atoms with van der Waals surface area (Å²) < 4.78 is 5.89. The van der Waals surface area contributed by atoms with E-state index in [0.717, 1.165) is 41.3 Å². The first-order chi connectivity index (χ1) is 10.2. The van der Waals surface area contributed by atoms with Crippen molar-refractivity contribution in [3.8, 4) is 5.75 Å². The molecule has 0 spiro atoms. The van der Waals surface area contributed by atoms with E-state index in [1.807, 2.05) is 36.4 Å². The van der Waals surface area contributed by atoms with Gasteiger partial charge in [-0.05, 0) is 29.7 Å².